The maximum atomic E-state index is 12.6. The van der Waals surface area contributed by atoms with Crippen LogP contribution in [0.25, 0.3) is 0 Å². The smallest absolute Gasteiger partial charge is 0.324 e. The number of aryl methyl sites for hydroxylation is 1. The maximum Gasteiger partial charge on any atom is 0.324 e. The van der Waals surface area contributed by atoms with Gasteiger partial charge < -0.3 is 9.47 Å². The van der Waals surface area contributed by atoms with Gasteiger partial charge in [0.1, 0.15) is 16.7 Å². The van der Waals surface area contributed by atoms with Crippen molar-refractivity contribution in [3.05, 3.63) is 23.8 Å². The first-order chi connectivity index (χ1) is 10.3. The molecule has 0 radical (unpaired) electrons. The van der Waals surface area contributed by atoms with E-state index in [-0.39, 0.29) is 16.6 Å². The Morgan fingerprint density at radius 1 is 1.32 bits per heavy atom. The summed E-state index contributed by atoms with van der Waals surface area (Å²) in [7, 11) is -1.28. The minimum Gasteiger partial charge on any atom is -0.495 e. The molecule has 0 heterocycles. The highest BCUT2D eigenvalue weighted by atomic mass is 32.2. The van der Waals surface area contributed by atoms with E-state index in [1.807, 2.05) is 6.92 Å². The molecule has 0 aromatic heterocycles. The van der Waals surface area contributed by atoms with Crippen LogP contribution in [0.4, 0.5) is 0 Å². The standard InChI is InChI=1S/C15H23NO5S/c1-6-11(3)14(15(17)21-5)16-22(18,19)13-9-10(2)7-8-12(13)20-4/h7-9,11,14,16H,6H2,1-5H3/t11-,14-/m0/s1. The van der Waals surface area contributed by atoms with Gasteiger partial charge in [0, 0.05) is 0 Å². The zero-order chi connectivity index (χ0) is 16.9. The van der Waals surface area contributed by atoms with Gasteiger partial charge in [-0.25, -0.2) is 8.42 Å². The number of hydrogen-bond acceptors (Lipinski definition) is 5. The molecule has 0 amide bonds. The van der Waals surface area contributed by atoms with Gasteiger partial charge in [-0.15, -0.1) is 0 Å². The molecule has 0 spiro atoms. The Hall–Kier alpha value is -1.60. The lowest BCUT2D eigenvalue weighted by Crippen LogP contribution is -2.45. The number of carbonyl (C=O) groups is 1. The number of esters is 1. The normalized spacial score (nSPS) is 14.2. The van der Waals surface area contributed by atoms with Crippen LogP contribution in [-0.4, -0.2) is 34.6 Å². The Bertz CT molecular complexity index is 627. The van der Waals surface area contributed by atoms with E-state index in [1.165, 1.54) is 20.3 Å². The van der Waals surface area contributed by atoms with Crippen LogP contribution >= 0.6 is 0 Å². The topological polar surface area (TPSA) is 81.7 Å². The summed E-state index contributed by atoms with van der Waals surface area (Å²) in [6.07, 6.45) is 0.632. The highest BCUT2D eigenvalue weighted by Crippen LogP contribution is 2.25. The second kappa shape index (κ2) is 7.60. The molecule has 0 aliphatic heterocycles. The molecule has 1 N–H and O–H groups in total. The molecule has 2 atom stereocenters. The van der Waals surface area contributed by atoms with Crippen molar-refractivity contribution in [3.63, 3.8) is 0 Å². The van der Waals surface area contributed by atoms with Gasteiger partial charge in [0.25, 0.3) is 0 Å². The molecule has 7 heteroatoms. The number of benzene rings is 1. The predicted octanol–water partition coefficient (Wildman–Crippen LogP) is 1.87. The molecule has 6 nitrogen and oxygen atoms in total. The Morgan fingerprint density at radius 2 is 1.95 bits per heavy atom. The summed E-state index contributed by atoms with van der Waals surface area (Å²) in [4.78, 5) is 11.9. The van der Waals surface area contributed by atoms with E-state index < -0.39 is 22.0 Å². The second-order valence-corrected chi connectivity index (χ2v) is 6.84. The van der Waals surface area contributed by atoms with Crippen molar-refractivity contribution < 1.29 is 22.7 Å². The van der Waals surface area contributed by atoms with Gasteiger partial charge >= 0.3 is 5.97 Å². The van der Waals surface area contributed by atoms with E-state index in [0.29, 0.717) is 6.42 Å². The first kappa shape index (κ1) is 18.4. The summed E-state index contributed by atoms with van der Waals surface area (Å²) in [6, 6.07) is 3.90. The van der Waals surface area contributed by atoms with Crippen molar-refractivity contribution in [2.24, 2.45) is 5.92 Å². The highest BCUT2D eigenvalue weighted by Gasteiger charge is 2.31. The molecule has 0 saturated carbocycles. The fourth-order valence-corrected chi connectivity index (χ4v) is 3.53. The Morgan fingerprint density at radius 3 is 2.45 bits per heavy atom. The van der Waals surface area contributed by atoms with E-state index in [9.17, 15) is 13.2 Å². The molecule has 1 rings (SSSR count). The van der Waals surface area contributed by atoms with Crippen LogP contribution in [0.5, 0.6) is 5.75 Å². The van der Waals surface area contributed by atoms with Gasteiger partial charge in [-0.1, -0.05) is 26.3 Å². The minimum absolute atomic E-state index is 0.00667. The molecule has 1 aromatic carbocycles. The van der Waals surface area contributed by atoms with Gasteiger partial charge in [-0.2, -0.15) is 4.72 Å². The Balaban J connectivity index is 3.23. The van der Waals surface area contributed by atoms with Crippen LogP contribution in [-0.2, 0) is 19.6 Å². The molecule has 1 aromatic rings. The Labute approximate surface area is 131 Å². The van der Waals surface area contributed by atoms with Crippen molar-refractivity contribution >= 4 is 16.0 Å². The van der Waals surface area contributed by atoms with Crippen molar-refractivity contribution in [3.8, 4) is 5.75 Å². The highest BCUT2D eigenvalue weighted by molar-refractivity contribution is 7.89. The molecule has 0 bridgehead atoms. The van der Waals surface area contributed by atoms with Gasteiger partial charge in [0.2, 0.25) is 10.0 Å². The number of carbonyl (C=O) groups excluding carboxylic acids is 1. The first-order valence-corrected chi connectivity index (χ1v) is 8.50. The molecule has 0 fully saturated rings. The quantitative estimate of drug-likeness (QED) is 0.772. The van der Waals surface area contributed by atoms with E-state index in [1.54, 1.807) is 26.0 Å². The van der Waals surface area contributed by atoms with Crippen LogP contribution < -0.4 is 9.46 Å². The monoisotopic (exact) mass is 329 g/mol. The average Bonchev–Trinajstić information content (AvgIpc) is 2.51. The zero-order valence-corrected chi connectivity index (χ0v) is 14.4. The minimum atomic E-state index is -3.91. The molecule has 0 aliphatic carbocycles. The SMILES string of the molecule is CC[C@H](C)[C@H](NS(=O)(=O)c1cc(C)ccc1OC)C(=O)OC. The maximum absolute atomic E-state index is 12.6. The van der Waals surface area contributed by atoms with E-state index in [0.717, 1.165) is 5.56 Å². The van der Waals surface area contributed by atoms with Crippen LogP contribution in [0, 0.1) is 12.8 Å². The van der Waals surface area contributed by atoms with Gasteiger partial charge in [0.05, 0.1) is 14.2 Å². The van der Waals surface area contributed by atoms with E-state index >= 15 is 0 Å². The number of ether oxygens (including phenoxy) is 2. The lowest BCUT2D eigenvalue weighted by atomic mass is 10.0. The number of nitrogens with one attached hydrogen (secondary N) is 1. The molecule has 0 saturated heterocycles. The van der Waals surface area contributed by atoms with Crippen molar-refractivity contribution in [2.75, 3.05) is 14.2 Å². The molecular weight excluding hydrogens is 306 g/mol. The summed E-state index contributed by atoms with van der Waals surface area (Å²) in [5.74, 6) is -0.576. The number of methoxy groups -OCH3 is 2. The number of sulfonamides is 1. The first-order valence-electron chi connectivity index (χ1n) is 7.01. The van der Waals surface area contributed by atoms with E-state index in [4.69, 9.17) is 9.47 Å². The van der Waals surface area contributed by atoms with Crippen LogP contribution in [0.2, 0.25) is 0 Å². The third kappa shape index (κ3) is 4.20. The predicted molar refractivity (Wildman–Crippen MR) is 83.3 cm³/mol. The van der Waals surface area contributed by atoms with Gasteiger partial charge in [-0.3, -0.25) is 4.79 Å². The summed E-state index contributed by atoms with van der Waals surface area (Å²) >= 11 is 0. The lowest BCUT2D eigenvalue weighted by molar-refractivity contribution is -0.143. The molecule has 0 unspecified atom stereocenters. The summed E-state index contributed by atoms with van der Waals surface area (Å²) < 4.78 is 37.5. The van der Waals surface area contributed by atoms with Crippen LogP contribution in [0.15, 0.2) is 23.1 Å². The summed E-state index contributed by atoms with van der Waals surface area (Å²) in [5.41, 5.74) is 0.777. The van der Waals surface area contributed by atoms with Crippen molar-refractivity contribution in [1.29, 1.82) is 0 Å². The fourth-order valence-electron chi connectivity index (χ4n) is 1.98. The molecule has 124 valence electrons. The van der Waals surface area contributed by atoms with Gasteiger partial charge in [-0.05, 0) is 30.5 Å². The van der Waals surface area contributed by atoms with Crippen molar-refractivity contribution in [1.82, 2.24) is 4.72 Å². The third-order valence-electron chi connectivity index (χ3n) is 3.56. The molecular formula is C15H23NO5S. The molecule has 22 heavy (non-hydrogen) atoms. The average molecular weight is 329 g/mol. The van der Waals surface area contributed by atoms with Crippen LogP contribution in [0.3, 0.4) is 0 Å². The van der Waals surface area contributed by atoms with E-state index in [2.05, 4.69) is 4.72 Å². The van der Waals surface area contributed by atoms with Crippen molar-refractivity contribution in [2.45, 2.75) is 38.1 Å². The fraction of sp³-hybridized carbons (Fsp3) is 0.533. The zero-order valence-electron chi connectivity index (χ0n) is 13.5. The summed E-state index contributed by atoms with van der Waals surface area (Å²) in [6.45, 7) is 5.45. The number of hydrogen-bond donors (Lipinski definition) is 1. The Kier molecular flexibility index (Phi) is 6.37. The number of rotatable bonds is 7. The second-order valence-electron chi connectivity index (χ2n) is 5.16. The third-order valence-corrected chi connectivity index (χ3v) is 5.02. The lowest BCUT2D eigenvalue weighted by Gasteiger charge is -2.22. The molecule has 0 aliphatic rings. The van der Waals surface area contributed by atoms with Gasteiger partial charge in [0.15, 0.2) is 0 Å². The summed E-state index contributed by atoms with van der Waals surface area (Å²) in [5, 5.41) is 0. The largest absolute Gasteiger partial charge is 0.495 e. The van der Waals surface area contributed by atoms with Crippen LogP contribution in [0.1, 0.15) is 25.8 Å².